The van der Waals surface area contributed by atoms with Crippen LogP contribution in [0.25, 0.3) is 0 Å². The number of nitrogens with zero attached hydrogens (tertiary/aromatic N) is 2. The van der Waals surface area contributed by atoms with Crippen LogP contribution in [0.2, 0.25) is 5.02 Å². The smallest absolute Gasteiger partial charge is 0.147 e. The molecular formula is C12H18BrClN2O2. The third-order valence-electron chi connectivity index (χ3n) is 2.43. The number of hydrogen-bond acceptors (Lipinski definition) is 4. The molecule has 0 bridgehead atoms. The number of halogens is 2. The minimum absolute atomic E-state index is 0.637. The number of rotatable bonds is 8. The lowest BCUT2D eigenvalue weighted by Gasteiger charge is -2.24. The van der Waals surface area contributed by atoms with Crippen LogP contribution < -0.4 is 4.90 Å². The van der Waals surface area contributed by atoms with E-state index in [-0.39, 0.29) is 0 Å². The molecule has 0 radical (unpaired) electrons. The second-order valence-electron chi connectivity index (χ2n) is 3.79. The molecule has 18 heavy (non-hydrogen) atoms. The molecule has 0 aromatic carbocycles. The molecule has 0 saturated heterocycles. The minimum atomic E-state index is 0.637. The lowest BCUT2D eigenvalue weighted by Crippen LogP contribution is -2.30. The van der Waals surface area contributed by atoms with Gasteiger partial charge in [-0.05, 0) is 28.4 Å². The van der Waals surface area contributed by atoms with E-state index in [1.807, 2.05) is 6.07 Å². The lowest BCUT2D eigenvalue weighted by atomic mass is 10.3. The van der Waals surface area contributed by atoms with Gasteiger partial charge in [-0.15, -0.1) is 0 Å². The summed E-state index contributed by atoms with van der Waals surface area (Å²) in [6.07, 6.45) is 2.67. The van der Waals surface area contributed by atoms with Gasteiger partial charge in [0.25, 0.3) is 0 Å². The van der Waals surface area contributed by atoms with Gasteiger partial charge in [0.05, 0.1) is 11.6 Å². The Morgan fingerprint density at radius 3 is 2.61 bits per heavy atom. The molecule has 0 amide bonds. The van der Waals surface area contributed by atoms with E-state index < -0.39 is 0 Å². The highest BCUT2D eigenvalue weighted by Crippen LogP contribution is 2.26. The zero-order chi connectivity index (χ0) is 13.4. The average molecular weight is 338 g/mol. The predicted molar refractivity (Wildman–Crippen MR) is 77.5 cm³/mol. The molecule has 0 aliphatic carbocycles. The highest BCUT2D eigenvalue weighted by atomic mass is 79.9. The topological polar surface area (TPSA) is 34.6 Å². The Morgan fingerprint density at radius 1 is 1.28 bits per heavy atom. The van der Waals surface area contributed by atoms with Crippen molar-refractivity contribution in [3.8, 4) is 0 Å². The van der Waals surface area contributed by atoms with E-state index >= 15 is 0 Å². The first-order valence-electron chi connectivity index (χ1n) is 5.73. The molecule has 6 heteroatoms. The summed E-state index contributed by atoms with van der Waals surface area (Å²) < 4.78 is 11.0. The Balaban J connectivity index is 2.73. The molecule has 0 fully saturated rings. The summed E-state index contributed by atoms with van der Waals surface area (Å²) in [5.74, 6) is 0.785. The maximum Gasteiger partial charge on any atom is 0.147 e. The maximum absolute atomic E-state index is 6.21. The quantitative estimate of drug-likeness (QED) is 0.683. The number of aromatic nitrogens is 1. The molecule has 0 N–H and O–H groups in total. The average Bonchev–Trinajstić information content (AvgIpc) is 2.34. The van der Waals surface area contributed by atoms with Gasteiger partial charge >= 0.3 is 0 Å². The molecule has 4 nitrogen and oxygen atoms in total. The molecular weight excluding hydrogens is 320 g/mol. The Labute approximate surface area is 121 Å². The van der Waals surface area contributed by atoms with Gasteiger partial charge in [0.15, 0.2) is 0 Å². The third kappa shape index (κ3) is 5.10. The van der Waals surface area contributed by atoms with Crippen LogP contribution in [-0.2, 0) is 9.47 Å². The van der Waals surface area contributed by atoms with Crippen LogP contribution in [0.5, 0.6) is 0 Å². The second-order valence-corrected chi connectivity index (χ2v) is 5.11. The summed E-state index contributed by atoms with van der Waals surface area (Å²) in [5, 5.41) is 0.637. The van der Waals surface area contributed by atoms with E-state index in [1.54, 1.807) is 20.4 Å². The number of pyridine rings is 1. The Kier molecular flexibility index (Phi) is 7.58. The van der Waals surface area contributed by atoms with Crippen LogP contribution in [0.3, 0.4) is 0 Å². The Hall–Kier alpha value is -0.360. The number of methoxy groups -OCH3 is 2. The summed E-state index contributed by atoms with van der Waals surface area (Å²) in [6.45, 7) is 2.96. The van der Waals surface area contributed by atoms with E-state index in [9.17, 15) is 0 Å². The molecule has 1 rings (SSSR count). The SMILES string of the molecule is COCCCN(CCOC)c1ncc(Br)cc1Cl. The standard InChI is InChI=1S/C12H18BrClN2O2/c1-17-6-3-4-16(5-7-18-2)12-11(14)8-10(13)9-15-12/h8-9H,3-7H2,1-2H3. The first-order valence-corrected chi connectivity index (χ1v) is 6.90. The van der Waals surface area contributed by atoms with Crippen LogP contribution in [0, 0.1) is 0 Å². The van der Waals surface area contributed by atoms with Crippen molar-refractivity contribution >= 4 is 33.3 Å². The largest absolute Gasteiger partial charge is 0.385 e. The van der Waals surface area contributed by atoms with Gasteiger partial charge in [0.2, 0.25) is 0 Å². The van der Waals surface area contributed by atoms with E-state index in [2.05, 4.69) is 25.8 Å². The fourth-order valence-corrected chi connectivity index (χ4v) is 2.31. The third-order valence-corrected chi connectivity index (χ3v) is 3.14. The van der Waals surface area contributed by atoms with E-state index in [1.165, 1.54) is 0 Å². The van der Waals surface area contributed by atoms with E-state index in [0.29, 0.717) is 11.6 Å². The molecule has 0 aliphatic heterocycles. The van der Waals surface area contributed by atoms with Gasteiger partial charge in [-0.25, -0.2) is 4.98 Å². The van der Waals surface area contributed by atoms with Crippen LogP contribution in [-0.4, -0.2) is 45.5 Å². The molecule has 0 saturated carbocycles. The fraction of sp³-hybridized carbons (Fsp3) is 0.583. The Morgan fingerprint density at radius 2 is 2.00 bits per heavy atom. The zero-order valence-corrected chi connectivity index (χ0v) is 13.0. The summed E-state index contributed by atoms with van der Waals surface area (Å²) in [6, 6.07) is 1.85. The molecule has 0 atom stereocenters. The van der Waals surface area contributed by atoms with Gasteiger partial charge in [-0.3, -0.25) is 0 Å². The second kappa shape index (κ2) is 8.69. The molecule has 1 heterocycles. The van der Waals surface area contributed by atoms with Crippen LogP contribution in [0.4, 0.5) is 5.82 Å². The van der Waals surface area contributed by atoms with Crippen molar-refractivity contribution in [1.82, 2.24) is 4.98 Å². The monoisotopic (exact) mass is 336 g/mol. The Bertz CT molecular complexity index is 366. The summed E-state index contributed by atoms with van der Waals surface area (Å²) in [4.78, 5) is 6.47. The number of anilines is 1. The molecule has 102 valence electrons. The van der Waals surface area contributed by atoms with Crippen LogP contribution in [0.15, 0.2) is 16.7 Å². The van der Waals surface area contributed by atoms with E-state index in [4.69, 9.17) is 21.1 Å². The normalized spacial score (nSPS) is 10.7. The first-order chi connectivity index (χ1) is 8.69. The number of hydrogen-bond donors (Lipinski definition) is 0. The fourth-order valence-electron chi connectivity index (χ4n) is 1.56. The van der Waals surface area contributed by atoms with Crippen molar-refractivity contribution in [3.05, 3.63) is 21.8 Å². The van der Waals surface area contributed by atoms with Crippen molar-refractivity contribution < 1.29 is 9.47 Å². The van der Waals surface area contributed by atoms with Crippen molar-refractivity contribution in [3.63, 3.8) is 0 Å². The minimum Gasteiger partial charge on any atom is -0.385 e. The van der Waals surface area contributed by atoms with Gasteiger partial charge in [-0.2, -0.15) is 0 Å². The summed E-state index contributed by atoms with van der Waals surface area (Å²) in [5.41, 5.74) is 0. The van der Waals surface area contributed by atoms with E-state index in [0.717, 1.165) is 36.4 Å². The molecule has 0 spiro atoms. The predicted octanol–water partition coefficient (Wildman–Crippen LogP) is 2.99. The highest BCUT2D eigenvalue weighted by Gasteiger charge is 2.12. The lowest BCUT2D eigenvalue weighted by molar-refractivity contribution is 0.191. The van der Waals surface area contributed by atoms with Gasteiger partial charge in [0, 0.05) is 44.6 Å². The highest BCUT2D eigenvalue weighted by molar-refractivity contribution is 9.10. The zero-order valence-electron chi connectivity index (χ0n) is 10.7. The van der Waals surface area contributed by atoms with Crippen molar-refractivity contribution in [2.24, 2.45) is 0 Å². The molecule has 1 aromatic rings. The molecule has 1 aromatic heterocycles. The molecule has 0 unspecified atom stereocenters. The van der Waals surface area contributed by atoms with Gasteiger partial charge in [0.1, 0.15) is 5.82 Å². The van der Waals surface area contributed by atoms with Crippen molar-refractivity contribution in [2.45, 2.75) is 6.42 Å². The molecule has 0 aliphatic rings. The summed E-state index contributed by atoms with van der Waals surface area (Å²) in [7, 11) is 3.38. The first kappa shape index (κ1) is 15.7. The summed E-state index contributed by atoms with van der Waals surface area (Å²) >= 11 is 9.56. The van der Waals surface area contributed by atoms with Gasteiger partial charge < -0.3 is 14.4 Å². The number of ether oxygens (including phenoxy) is 2. The van der Waals surface area contributed by atoms with Crippen molar-refractivity contribution in [1.29, 1.82) is 0 Å². The maximum atomic E-state index is 6.21. The van der Waals surface area contributed by atoms with Crippen LogP contribution >= 0.6 is 27.5 Å². The van der Waals surface area contributed by atoms with Crippen LogP contribution in [0.1, 0.15) is 6.42 Å². The van der Waals surface area contributed by atoms with Crippen molar-refractivity contribution in [2.75, 3.05) is 45.4 Å². The van der Waals surface area contributed by atoms with Gasteiger partial charge in [-0.1, -0.05) is 11.6 Å².